The molecule has 0 amide bonds. The van der Waals surface area contributed by atoms with Crippen LogP contribution in [0.25, 0.3) is 0 Å². The Labute approximate surface area is 130 Å². The van der Waals surface area contributed by atoms with Gasteiger partial charge < -0.3 is 5.73 Å². The van der Waals surface area contributed by atoms with E-state index >= 15 is 0 Å². The second-order valence-corrected chi connectivity index (χ2v) is 7.95. The maximum Gasteiger partial charge on any atom is 0.0241 e. The van der Waals surface area contributed by atoms with E-state index in [9.17, 15) is 0 Å². The van der Waals surface area contributed by atoms with Crippen LogP contribution < -0.4 is 5.73 Å². The van der Waals surface area contributed by atoms with Gasteiger partial charge in [-0.2, -0.15) is 0 Å². The summed E-state index contributed by atoms with van der Waals surface area (Å²) in [5.41, 5.74) is 11.9. The first-order valence-corrected chi connectivity index (χ1v) is 8.27. The molecular formula is C19H32N2. The number of hydrogen-bond acceptors (Lipinski definition) is 2. The van der Waals surface area contributed by atoms with Crippen LogP contribution in [0.4, 0.5) is 0 Å². The van der Waals surface area contributed by atoms with Crippen LogP contribution in [0.2, 0.25) is 0 Å². The van der Waals surface area contributed by atoms with Gasteiger partial charge in [-0.25, -0.2) is 0 Å². The molecule has 1 aromatic carbocycles. The fourth-order valence-corrected chi connectivity index (χ4v) is 3.49. The molecular weight excluding hydrogens is 256 g/mol. The lowest BCUT2D eigenvalue weighted by molar-refractivity contribution is 0.255. The van der Waals surface area contributed by atoms with E-state index < -0.39 is 0 Å². The van der Waals surface area contributed by atoms with Crippen LogP contribution in [-0.4, -0.2) is 24.0 Å². The van der Waals surface area contributed by atoms with E-state index in [2.05, 4.69) is 58.6 Å². The van der Waals surface area contributed by atoms with E-state index in [-0.39, 0.29) is 5.41 Å². The summed E-state index contributed by atoms with van der Waals surface area (Å²) in [6.45, 7) is 16.8. The van der Waals surface area contributed by atoms with Gasteiger partial charge in [0.05, 0.1) is 0 Å². The van der Waals surface area contributed by atoms with Crippen molar-refractivity contribution in [3.05, 3.63) is 34.4 Å². The minimum absolute atomic E-state index is 0.222. The number of likely N-dealkylation sites (tertiary alicyclic amines) is 1. The summed E-state index contributed by atoms with van der Waals surface area (Å²) in [7, 11) is 0. The predicted molar refractivity (Wildman–Crippen MR) is 91.6 cm³/mol. The van der Waals surface area contributed by atoms with E-state index in [1.807, 2.05) is 0 Å². The van der Waals surface area contributed by atoms with Gasteiger partial charge in [-0.3, -0.25) is 4.90 Å². The normalized spacial score (nSPS) is 23.8. The highest BCUT2D eigenvalue weighted by molar-refractivity contribution is 5.40. The highest BCUT2D eigenvalue weighted by Gasteiger charge is 2.28. The zero-order valence-electron chi connectivity index (χ0n) is 14.7. The monoisotopic (exact) mass is 288 g/mol. The van der Waals surface area contributed by atoms with E-state index in [0.29, 0.717) is 12.0 Å². The van der Waals surface area contributed by atoms with E-state index in [1.54, 1.807) is 0 Å². The summed E-state index contributed by atoms with van der Waals surface area (Å²) in [4.78, 5) is 2.60. The van der Waals surface area contributed by atoms with Crippen LogP contribution in [0.3, 0.4) is 0 Å². The average molecular weight is 288 g/mol. The number of benzene rings is 1. The fourth-order valence-electron chi connectivity index (χ4n) is 3.49. The van der Waals surface area contributed by atoms with Gasteiger partial charge in [-0.1, -0.05) is 32.9 Å². The lowest BCUT2D eigenvalue weighted by atomic mass is 9.83. The van der Waals surface area contributed by atoms with Gasteiger partial charge in [0.2, 0.25) is 0 Å². The number of hydrogen-bond donors (Lipinski definition) is 1. The molecule has 1 fully saturated rings. The second-order valence-electron chi connectivity index (χ2n) is 7.95. The Morgan fingerprint density at radius 1 is 1.19 bits per heavy atom. The maximum absolute atomic E-state index is 5.85. The van der Waals surface area contributed by atoms with Crippen LogP contribution in [0.15, 0.2) is 12.1 Å². The highest BCUT2D eigenvalue weighted by Crippen LogP contribution is 2.30. The summed E-state index contributed by atoms with van der Waals surface area (Å²) in [5, 5.41) is 0. The van der Waals surface area contributed by atoms with E-state index in [1.165, 1.54) is 28.7 Å². The molecule has 21 heavy (non-hydrogen) atoms. The fraction of sp³-hybridized carbons (Fsp3) is 0.684. The Bertz CT molecular complexity index is 476. The first-order chi connectivity index (χ1) is 9.72. The largest absolute Gasteiger partial charge is 0.330 e. The van der Waals surface area contributed by atoms with Gasteiger partial charge in [0.15, 0.2) is 0 Å². The summed E-state index contributed by atoms with van der Waals surface area (Å²) < 4.78 is 0. The summed E-state index contributed by atoms with van der Waals surface area (Å²) in [6.07, 6.45) is 1.24. The Kier molecular flexibility index (Phi) is 4.79. The Morgan fingerprint density at radius 3 is 2.19 bits per heavy atom. The molecule has 118 valence electrons. The minimum atomic E-state index is 0.222. The molecule has 0 aliphatic carbocycles. The molecule has 1 aliphatic rings. The molecule has 2 rings (SSSR count). The summed E-state index contributed by atoms with van der Waals surface area (Å²) in [6, 6.07) is 5.41. The van der Waals surface area contributed by atoms with Crippen LogP contribution in [0.1, 0.15) is 56.4 Å². The third-order valence-corrected chi connectivity index (χ3v) is 5.05. The summed E-state index contributed by atoms with van der Waals surface area (Å²) in [5.74, 6) is 0.675. The smallest absolute Gasteiger partial charge is 0.0241 e. The van der Waals surface area contributed by atoms with Crippen molar-refractivity contribution in [2.24, 2.45) is 11.7 Å². The SMILES string of the molecule is Cc1cc(C(C)(C)C)cc(C)c1CN1CC(CN)CC1C. The van der Waals surface area contributed by atoms with E-state index in [0.717, 1.165) is 19.6 Å². The maximum atomic E-state index is 5.85. The van der Waals surface area contributed by atoms with Crippen LogP contribution in [0.5, 0.6) is 0 Å². The molecule has 2 heteroatoms. The van der Waals surface area contributed by atoms with Crippen molar-refractivity contribution in [2.45, 2.75) is 66.0 Å². The van der Waals surface area contributed by atoms with Crippen molar-refractivity contribution < 1.29 is 0 Å². The number of aryl methyl sites for hydroxylation is 2. The molecule has 0 spiro atoms. The molecule has 1 heterocycles. The topological polar surface area (TPSA) is 29.3 Å². The zero-order valence-corrected chi connectivity index (χ0v) is 14.7. The van der Waals surface area contributed by atoms with Gasteiger partial charge in [-0.05, 0) is 67.3 Å². The Balaban J connectivity index is 2.22. The van der Waals surface area contributed by atoms with Gasteiger partial charge >= 0.3 is 0 Å². The number of rotatable bonds is 3. The lowest BCUT2D eigenvalue weighted by Crippen LogP contribution is -2.28. The first kappa shape index (κ1) is 16.5. The van der Waals surface area contributed by atoms with Crippen LogP contribution in [0, 0.1) is 19.8 Å². The second kappa shape index (κ2) is 6.10. The van der Waals surface area contributed by atoms with Gasteiger partial charge in [0.1, 0.15) is 0 Å². The first-order valence-electron chi connectivity index (χ1n) is 8.27. The van der Waals surface area contributed by atoms with Crippen molar-refractivity contribution in [2.75, 3.05) is 13.1 Å². The third kappa shape index (κ3) is 3.67. The van der Waals surface area contributed by atoms with Crippen molar-refractivity contribution in [3.8, 4) is 0 Å². The van der Waals surface area contributed by atoms with Gasteiger partial charge in [0.25, 0.3) is 0 Å². The van der Waals surface area contributed by atoms with Crippen LogP contribution >= 0.6 is 0 Å². The van der Waals surface area contributed by atoms with Crippen molar-refractivity contribution >= 4 is 0 Å². The molecule has 0 radical (unpaired) electrons. The average Bonchev–Trinajstić information content (AvgIpc) is 2.73. The summed E-state index contributed by atoms with van der Waals surface area (Å²) >= 11 is 0. The molecule has 2 atom stereocenters. The lowest BCUT2D eigenvalue weighted by Gasteiger charge is -2.26. The molecule has 2 N–H and O–H groups in total. The molecule has 0 saturated carbocycles. The van der Waals surface area contributed by atoms with Crippen LogP contribution in [-0.2, 0) is 12.0 Å². The molecule has 2 nitrogen and oxygen atoms in total. The Morgan fingerprint density at radius 2 is 1.76 bits per heavy atom. The highest BCUT2D eigenvalue weighted by atomic mass is 15.2. The number of nitrogens with two attached hydrogens (primary N) is 1. The van der Waals surface area contributed by atoms with Gasteiger partial charge in [-0.15, -0.1) is 0 Å². The predicted octanol–water partition coefficient (Wildman–Crippen LogP) is 3.77. The molecule has 0 bridgehead atoms. The quantitative estimate of drug-likeness (QED) is 0.917. The molecule has 1 aliphatic heterocycles. The van der Waals surface area contributed by atoms with Crippen molar-refractivity contribution in [1.82, 2.24) is 4.90 Å². The standard InChI is InChI=1S/C19H32N2/c1-13-7-17(19(4,5)6)8-14(2)18(13)12-21-11-16(10-20)9-15(21)3/h7-8,15-16H,9-12,20H2,1-6H3. The molecule has 2 unspecified atom stereocenters. The number of nitrogens with zero attached hydrogens (tertiary/aromatic N) is 1. The van der Waals surface area contributed by atoms with Crippen molar-refractivity contribution in [3.63, 3.8) is 0 Å². The van der Waals surface area contributed by atoms with E-state index in [4.69, 9.17) is 5.73 Å². The Hall–Kier alpha value is -0.860. The van der Waals surface area contributed by atoms with Gasteiger partial charge in [0, 0.05) is 19.1 Å². The van der Waals surface area contributed by atoms with Crippen molar-refractivity contribution in [1.29, 1.82) is 0 Å². The minimum Gasteiger partial charge on any atom is -0.330 e. The molecule has 1 aromatic rings. The third-order valence-electron chi connectivity index (χ3n) is 5.05. The molecule has 1 saturated heterocycles. The molecule has 0 aromatic heterocycles. The zero-order chi connectivity index (χ0) is 15.8.